The maximum Gasteiger partial charge on any atom is 0.339 e. The van der Waals surface area contributed by atoms with Gasteiger partial charge in [-0.2, -0.15) is 0 Å². The Kier molecular flexibility index (Phi) is 7.69. The fraction of sp³-hybridized carbons (Fsp3) is 0.214. The molecule has 0 aliphatic heterocycles. The molecule has 0 aliphatic rings. The van der Waals surface area contributed by atoms with Crippen molar-refractivity contribution >= 4 is 65.3 Å². The Bertz CT molecular complexity index is 1290. The van der Waals surface area contributed by atoms with E-state index in [0.717, 1.165) is 21.5 Å². The van der Waals surface area contributed by atoms with Gasteiger partial charge in [-0.15, -0.1) is 0 Å². The average molecular weight is 584 g/mol. The fourth-order valence-corrected chi connectivity index (χ4v) is 5.29. The van der Waals surface area contributed by atoms with E-state index in [4.69, 9.17) is 9.47 Å². The average Bonchev–Trinajstić information content (AvgIpc) is 2.84. The van der Waals surface area contributed by atoms with E-state index < -0.39 is 11.9 Å². The highest BCUT2D eigenvalue weighted by Crippen LogP contribution is 2.44. The largest absolute Gasteiger partial charge is 0.462 e. The van der Waals surface area contributed by atoms with E-state index in [2.05, 4.69) is 31.9 Å². The minimum absolute atomic E-state index is 0.308. The molecule has 0 saturated heterocycles. The predicted molar refractivity (Wildman–Crippen MR) is 143 cm³/mol. The number of rotatable bonds is 7. The number of hydrogen-bond donors (Lipinski definition) is 0. The minimum Gasteiger partial charge on any atom is -0.462 e. The summed E-state index contributed by atoms with van der Waals surface area (Å²) < 4.78 is 12.4. The maximum absolute atomic E-state index is 13.4. The first-order valence-electron chi connectivity index (χ1n) is 11.2. The monoisotopic (exact) mass is 582 g/mol. The molecule has 0 aliphatic carbocycles. The molecule has 0 aromatic heterocycles. The number of carbonyl (C=O) groups is 2. The Hall–Kier alpha value is -2.70. The normalized spacial score (nSPS) is 11.1. The zero-order chi connectivity index (χ0) is 24.2. The van der Waals surface area contributed by atoms with Crippen LogP contribution in [0.1, 0.15) is 47.4 Å². The smallest absolute Gasteiger partial charge is 0.339 e. The van der Waals surface area contributed by atoms with E-state index in [0.29, 0.717) is 57.3 Å². The van der Waals surface area contributed by atoms with Gasteiger partial charge < -0.3 is 9.47 Å². The molecule has 0 heterocycles. The lowest BCUT2D eigenvalue weighted by Crippen LogP contribution is -2.13. The van der Waals surface area contributed by atoms with Crippen molar-refractivity contribution in [3.05, 3.63) is 80.7 Å². The quantitative estimate of drug-likeness (QED) is 0.205. The van der Waals surface area contributed by atoms with Crippen LogP contribution < -0.4 is 0 Å². The van der Waals surface area contributed by atoms with Gasteiger partial charge in [0.15, 0.2) is 0 Å². The molecule has 4 aromatic carbocycles. The fourth-order valence-electron chi connectivity index (χ4n) is 4.08. The molecule has 0 amide bonds. The standard InChI is InChI=1S/C28H24Br2O4/c1-3-13-33-27(31)25-21(29)15-17-9-5-7-11-19(17)23(25)24-20-12-8-6-10-18(20)16-22(30)26(24)28(32)34-14-4-2/h5-12,15-16H,3-4,13-14H2,1-2H3. The summed E-state index contributed by atoms with van der Waals surface area (Å²) >= 11 is 7.23. The molecule has 4 nitrogen and oxygen atoms in total. The SMILES string of the molecule is CCCOC(=O)c1c(Br)cc2ccccc2c1-c1c(C(=O)OCCC)c(Br)cc2ccccc12. The molecule has 4 aromatic rings. The molecular weight excluding hydrogens is 560 g/mol. The van der Waals surface area contributed by atoms with Crippen molar-refractivity contribution in [2.24, 2.45) is 0 Å². The lowest BCUT2D eigenvalue weighted by Gasteiger charge is -2.20. The third-order valence-electron chi connectivity index (χ3n) is 5.54. The van der Waals surface area contributed by atoms with Crippen LogP contribution in [0, 0.1) is 0 Å². The highest BCUT2D eigenvalue weighted by molar-refractivity contribution is 9.10. The van der Waals surface area contributed by atoms with Crippen molar-refractivity contribution in [3.8, 4) is 11.1 Å². The van der Waals surface area contributed by atoms with E-state index in [1.165, 1.54) is 0 Å². The van der Waals surface area contributed by atoms with Gasteiger partial charge >= 0.3 is 11.9 Å². The Balaban J connectivity index is 2.17. The van der Waals surface area contributed by atoms with Gasteiger partial charge in [-0.25, -0.2) is 9.59 Å². The lowest BCUT2D eigenvalue weighted by atomic mass is 9.87. The molecule has 0 atom stereocenters. The van der Waals surface area contributed by atoms with E-state index in [1.54, 1.807) is 0 Å². The molecule has 174 valence electrons. The van der Waals surface area contributed by atoms with Crippen molar-refractivity contribution in [3.63, 3.8) is 0 Å². The number of carbonyl (C=O) groups excluding carboxylic acids is 2. The molecule has 0 saturated carbocycles. The molecule has 0 fully saturated rings. The minimum atomic E-state index is -0.439. The van der Waals surface area contributed by atoms with E-state index in [9.17, 15) is 9.59 Å². The van der Waals surface area contributed by atoms with Crippen LogP contribution in [0.2, 0.25) is 0 Å². The maximum atomic E-state index is 13.4. The van der Waals surface area contributed by atoms with Crippen LogP contribution in [-0.2, 0) is 9.47 Å². The Morgan fingerprint density at radius 3 is 1.44 bits per heavy atom. The molecule has 0 radical (unpaired) electrons. The molecular formula is C28H24Br2O4. The summed E-state index contributed by atoms with van der Waals surface area (Å²) in [6.45, 7) is 4.52. The van der Waals surface area contributed by atoms with Gasteiger partial charge in [-0.05, 0) is 78.4 Å². The van der Waals surface area contributed by atoms with Crippen LogP contribution in [0.25, 0.3) is 32.7 Å². The van der Waals surface area contributed by atoms with Crippen molar-refractivity contribution in [1.29, 1.82) is 0 Å². The lowest BCUT2D eigenvalue weighted by molar-refractivity contribution is 0.0493. The summed E-state index contributed by atoms with van der Waals surface area (Å²) in [6, 6.07) is 19.5. The molecule has 0 spiro atoms. The van der Waals surface area contributed by atoms with Crippen LogP contribution in [-0.4, -0.2) is 25.2 Å². The Morgan fingerprint density at radius 1 is 0.676 bits per heavy atom. The van der Waals surface area contributed by atoms with Gasteiger partial charge in [0.05, 0.1) is 24.3 Å². The molecule has 0 unspecified atom stereocenters. The molecule has 6 heteroatoms. The van der Waals surface area contributed by atoms with Gasteiger partial charge in [0.25, 0.3) is 0 Å². The number of hydrogen-bond acceptors (Lipinski definition) is 4. The Labute approximate surface area is 215 Å². The first kappa shape index (κ1) is 24.4. The van der Waals surface area contributed by atoms with Gasteiger partial charge in [0.1, 0.15) is 0 Å². The molecule has 34 heavy (non-hydrogen) atoms. The summed E-state index contributed by atoms with van der Waals surface area (Å²) in [6.07, 6.45) is 1.42. The second-order valence-electron chi connectivity index (χ2n) is 7.93. The predicted octanol–water partition coefficient (Wildman–Crippen LogP) is 8.32. The molecule has 0 N–H and O–H groups in total. The summed E-state index contributed by atoms with van der Waals surface area (Å²) in [5.41, 5.74) is 2.07. The Morgan fingerprint density at radius 2 is 1.06 bits per heavy atom. The third kappa shape index (κ3) is 4.62. The highest BCUT2D eigenvalue weighted by atomic mass is 79.9. The molecule has 4 rings (SSSR count). The summed E-state index contributed by atoms with van der Waals surface area (Å²) in [5.74, 6) is -0.877. The van der Waals surface area contributed by atoms with Crippen molar-refractivity contribution < 1.29 is 19.1 Å². The van der Waals surface area contributed by atoms with Gasteiger partial charge in [0, 0.05) is 20.1 Å². The first-order chi connectivity index (χ1) is 16.5. The zero-order valence-electron chi connectivity index (χ0n) is 19.0. The number of benzene rings is 4. The number of ether oxygens (including phenoxy) is 2. The highest BCUT2D eigenvalue weighted by Gasteiger charge is 2.28. The van der Waals surface area contributed by atoms with Crippen LogP contribution in [0.4, 0.5) is 0 Å². The topological polar surface area (TPSA) is 52.6 Å². The number of fused-ring (bicyclic) bond motifs is 2. The van der Waals surface area contributed by atoms with E-state index >= 15 is 0 Å². The number of halogens is 2. The van der Waals surface area contributed by atoms with Crippen molar-refractivity contribution in [1.82, 2.24) is 0 Å². The van der Waals surface area contributed by atoms with Crippen LogP contribution in [0.5, 0.6) is 0 Å². The van der Waals surface area contributed by atoms with Crippen molar-refractivity contribution in [2.75, 3.05) is 13.2 Å². The van der Waals surface area contributed by atoms with Gasteiger partial charge in [0.2, 0.25) is 0 Å². The van der Waals surface area contributed by atoms with Crippen molar-refractivity contribution in [2.45, 2.75) is 26.7 Å². The number of esters is 2. The zero-order valence-corrected chi connectivity index (χ0v) is 22.2. The van der Waals surface area contributed by atoms with Crippen LogP contribution in [0.3, 0.4) is 0 Å². The van der Waals surface area contributed by atoms with E-state index in [-0.39, 0.29) is 0 Å². The summed E-state index contributed by atoms with van der Waals surface area (Å²) in [5, 5.41) is 3.57. The van der Waals surface area contributed by atoms with Gasteiger partial charge in [-0.3, -0.25) is 0 Å². The summed E-state index contributed by atoms with van der Waals surface area (Å²) in [4.78, 5) is 26.7. The first-order valence-corrected chi connectivity index (χ1v) is 12.8. The second-order valence-corrected chi connectivity index (χ2v) is 9.64. The molecule has 0 bridgehead atoms. The van der Waals surface area contributed by atoms with Gasteiger partial charge in [-0.1, -0.05) is 62.4 Å². The second kappa shape index (κ2) is 10.7. The van der Waals surface area contributed by atoms with Crippen LogP contribution >= 0.6 is 31.9 Å². The summed E-state index contributed by atoms with van der Waals surface area (Å²) in [7, 11) is 0. The third-order valence-corrected chi connectivity index (χ3v) is 6.79. The van der Waals surface area contributed by atoms with Crippen LogP contribution in [0.15, 0.2) is 69.6 Å². The van der Waals surface area contributed by atoms with E-state index in [1.807, 2.05) is 74.5 Å².